The molecule has 3 N–H and O–H groups in total. The van der Waals surface area contributed by atoms with Crippen LogP contribution in [0.4, 0.5) is 0 Å². The van der Waals surface area contributed by atoms with Crippen molar-refractivity contribution in [3.05, 3.63) is 23.3 Å². The van der Waals surface area contributed by atoms with E-state index < -0.39 is 6.04 Å². The van der Waals surface area contributed by atoms with E-state index >= 15 is 0 Å². The maximum absolute atomic E-state index is 11.3. The summed E-state index contributed by atoms with van der Waals surface area (Å²) in [7, 11) is 0. The molecule has 0 heterocycles. The Kier molecular flexibility index (Phi) is 8.90. The molecule has 0 radical (unpaired) electrons. The highest BCUT2D eigenvalue weighted by molar-refractivity contribution is 7.80. The molecule has 0 spiro atoms. The number of rotatable bonds is 7. The van der Waals surface area contributed by atoms with E-state index in [2.05, 4.69) is 44.8 Å². The van der Waals surface area contributed by atoms with Gasteiger partial charge in [0.05, 0.1) is 6.04 Å². The van der Waals surface area contributed by atoms with Gasteiger partial charge in [0.1, 0.15) is 0 Å². The molecule has 1 amide bonds. The molecular weight excluding hydrogens is 232 g/mol. The Bertz CT molecular complexity index is 294. The normalized spacial score (nSPS) is 13.1. The standard InChI is InChI=1S/C13H24N2OS/c1-10(2)5-4-6-11(3)7-8-15-13(16)12(14)9-17/h5,7,12,17H,4,6,8-9,14H2,1-3H3,(H,15,16)/t12-/m0/s1. The van der Waals surface area contributed by atoms with Gasteiger partial charge in [-0.3, -0.25) is 4.79 Å². The molecule has 17 heavy (non-hydrogen) atoms. The third-order valence-corrected chi connectivity index (χ3v) is 2.74. The van der Waals surface area contributed by atoms with Crippen molar-refractivity contribution in [1.82, 2.24) is 5.32 Å². The first kappa shape index (κ1) is 16.3. The molecule has 0 aliphatic rings. The Labute approximate surface area is 110 Å². The smallest absolute Gasteiger partial charge is 0.238 e. The number of carbonyl (C=O) groups excluding carboxylic acids is 1. The molecule has 0 fully saturated rings. The number of thiol groups is 1. The van der Waals surface area contributed by atoms with Gasteiger partial charge in [0.2, 0.25) is 5.91 Å². The van der Waals surface area contributed by atoms with Gasteiger partial charge in [-0.25, -0.2) is 0 Å². The highest BCUT2D eigenvalue weighted by Gasteiger charge is 2.08. The summed E-state index contributed by atoms with van der Waals surface area (Å²) in [5.74, 6) is 0.225. The Morgan fingerprint density at radius 3 is 2.53 bits per heavy atom. The Hall–Kier alpha value is -0.740. The van der Waals surface area contributed by atoms with E-state index in [0.717, 1.165) is 12.8 Å². The fourth-order valence-corrected chi connectivity index (χ4v) is 1.40. The van der Waals surface area contributed by atoms with Gasteiger partial charge in [0, 0.05) is 12.3 Å². The molecule has 0 rings (SSSR count). The lowest BCUT2D eigenvalue weighted by atomic mass is 10.1. The fraction of sp³-hybridized carbons (Fsp3) is 0.615. The second-order valence-electron chi connectivity index (χ2n) is 4.40. The van der Waals surface area contributed by atoms with E-state index in [-0.39, 0.29) is 5.91 Å². The van der Waals surface area contributed by atoms with Crippen LogP contribution in [-0.2, 0) is 4.79 Å². The zero-order valence-electron chi connectivity index (χ0n) is 11.0. The minimum absolute atomic E-state index is 0.145. The molecule has 0 aliphatic carbocycles. The van der Waals surface area contributed by atoms with E-state index in [1.54, 1.807) is 0 Å². The fourth-order valence-electron chi connectivity index (χ4n) is 1.23. The topological polar surface area (TPSA) is 55.1 Å². The average molecular weight is 256 g/mol. The lowest BCUT2D eigenvalue weighted by molar-refractivity contribution is -0.121. The van der Waals surface area contributed by atoms with Gasteiger partial charge < -0.3 is 11.1 Å². The molecule has 0 unspecified atom stereocenters. The van der Waals surface area contributed by atoms with E-state index in [4.69, 9.17) is 5.73 Å². The van der Waals surface area contributed by atoms with Crippen molar-refractivity contribution in [3.8, 4) is 0 Å². The van der Waals surface area contributed by atoms with Crippen molar-refractivity contribution >= 4 is 18.5 Å². The average Bonchev–Trinajstić information content (AvgIpc) is 2.27. The molecule has 3 nitrogen and oxygen atoms in total. The number of allylic oxidation sites excluding steroid dienone is 3. The number of hydrogen-bond acceptors (Lipinski definition) is 3. The number of nitrogens with two attached hydrogens (primary N) is 1. The highest BCUT2D eigenvalue weighted by atomic mass is 32.1. The minimum Gasteiger partial charge on any atom is -0.351 e. The molecule has 0 saturated carbocycles. The quantitative estimate of drug-likeness (QED) is 0.482. The predicted octanol–water partition coefficient (Wildman–Crippen LogP) is 2.05. The van der Waals surface area contributed by atoms with E-state index in [1.165, 1.54) is 11.1 Å². The van der Waals surface area contributed by atoms with Gasteiger partial charge in [0.15, 0.2) is 0 Å². The highest BCUT2D eigenvalue weighted by Crippen LogP contribution is 2.05. The van der Waals surface area contributed by atoms with Crippen LogP contribution in [-0.4, -0.2) is 24.2 Å². The zero-order chi connectivity index (χ0) is 13.3. The van der Waals surface area contributed by atoms with Crippen LogP contribution in [0.1, 0.15) is 33.6 Å². The Morgan fingerprint density at radius 1 is 1.35 bits per heavy atom. The van der Waals surface area contributed by atoms with Crippen molar-refractivity contribution in [3.63, 3.8) is 0 Å². The van der Waals surface area contributed by atoms with Crippen molar-refractivity contribution in [2.24, 2.45) is 5.73 Å². The Morgan fingerprint density at radius 2 is 2.00 bits per heavy atom. The zero-order valence-corrected chi connectivity index (χ0v) is 11.9. The van der Waals surface area contributed by atoms with Crippen LogP contribution in [0.15, 0.2) is 23.3 Å². The second kappa shape index (κ2) is 9.31. The van der Waals surface area contributed by atoms with Gasteiger partial charge >= 0.3 is 0 Å². The van der Waals surface area contributed by atoms with Gasteiger partial charge in [0.25, 0.3) is 0 Å². The summed E-state index contributed by atoms with van der Waals surface area (Å²) < 4.78 is 0. The van der Waals surface area contributed by atoms with E-state index in [9.17, 15) is 4.79 Å². The summed E-state index contributed by atoms with van der Waals surface area (Å²) >= 11 is 3.98. The maximum atomic E-state index is 11.3. The molecule has 0 aromatic carbocycles. The number of carbonyl (C=O) groups is 1. The summed E-state index contributed by atoms with van der Waals surface area (Å²) in [5, 5.41) is 2.76. The predicted molar refractivity (Wildman–Crippen MR) is 77.3 cm³/mol. The molecule has 0 aromatic rings. The van der Waals surface area contributed by atoms with Crippen LogP contribution < -0.4 is 11.1 Å². The third kappa shape index (κ3) is 9.01. The summed E-state index contributed by atoms with van der Waals surface area (Å²) in [6, 6.07) is -0.516. The number of amides is 1. The van der Waals surface area contributed by atoms with Crippen molar-refractivity contribution < 1.29 is 4.79 Å². The first-order valence-corrected chi connectivity index (χ1v) is 6.53. The van der Waals surface area contributed by atoms with Crippen LogP contribution in [0, 0.1) is 0 Å². The maximum Gasteiger partial charge on any atom is 0.238 e. The summed E-state index contributed by atoms with van der Waals surface area (Å²) in [5.41, 5.74) is 8.15. The van der Waals surface area contributed by atoms with Gasteiger partial charge in [-0.15, -0.1) is 0 Å². The largest absolute Gasteiger partial charge is 0.351 e. The second-order valence-corrected chi connectivity index (χ2v) is 4.77. The van der Waals surface area contributed by atoms with Crippen molar-refractivity contribution in [2.45, 2.75) is 39.7 Å². The van der Waals surface area contributed by atoms with E-state index in [1.807, 2.05) is 6.08 Å². The molecule has 98 valence electrons. The number of hydrogen-bond donors (Lipinski definition) is 3. The van der Waals surface area contributed by atoms with Gasteiger partial charge in [-0.2, -0.15) is 12.6 Å². The lowest BCUT2D eigenvalue weighted by Crippen LogP contribution is -2.41. The van der Waals surface area contributed by atoms with Crippen LogP contribution in [0.3, 0.4) is 0 Å². The third-order valence-electron chi connectivity index (χ3n) is 2.35. The van der Waals surface area contributed by atoms with Crippen LogP contribution >= 0.6 is 12.6 Å². The minimum atomic E-state index is -0.516. The van der Waals surface area contributed by atoms with Crippen molar-refractivity contribution in [2.75, 3.05) is 12.3 Å². The van der Waals surface area contributed by atoms with Gasteiger partial charge in [-0.05, 0) is 33.6 Å². The summed E-state index contributed by atoms with van der Waals surface area (Å²) in [6.45, 7) is 6.81. The monoisotopic (exact) mass is 256 g/mol. The van der Waals surface area contributed by atoms with Crippen molar-refractivity contribution in [1.29, 1.82) is 0 Å². The molecule has 4 heteroatoms. The van der Waals surface area contributed by atoms with Crippen LogP contribution in [0.25, 0.3) is 0 Å². The van der Waals surface area contributed by atoms with E-state index in [0.29, 0.717) is 12.3 Å². The summed E-state index contributed by atoms with van der Waals surface area (Å²) in [4.78, 5) is 11.3. The summed E-state index contributed by atoms with van der Waals surface area (Å²) in [6.07, 6.45) is 6.32. The van der Waals surface area contributed by atoms with Crippen LogP contribution in [0.5, 0.6) is 0 Å². The number of nitrogens with one attached hydrogen (secondary N) is 1. The van der Waals surface area contributed by atoms with Gasteiger partial charge in [-0.1, -0.05) is 23.3 Å². The molecular formula is C13H24N2OS. The SMILES string of the molecule is CC(C)=CCCC(C)=CCNC(=O)[C@@H](N)CS. The lowest BCUT2D eigenvalue weighted by Gasteiger charge is -2.08. The molecule has 0 aromatic heterocycles. The first-order valence-electron chi connectivity index (χ1n) is 5.90. The van der Waals surface area contributed by atoms with Crippen LogP contribution in [0.2, 0.25) is 0 Å². The first-order chi connectivity index (χ1) is 7.97. The molecule has 0 bridgehead atoms. The molecule has 1 atom stereocenters. The molecule has 0 saturated heterocycles. The Balaban J connectivity index is 3.84. The molecule has 0 aliphatic heterocycles.